The van der Waals surface area contributed by atoms with E-state index in [0.717, 1.165) is 0 Å². The number of hydrogen-bond donors (Lipinski definition) is 2. The highest BCUT2D eigenvalue weighted by atomic mass is 32.2. The third-order valence-electron chi connectivity index (χ3n) is 3.31. The Morgan fingerprint density at radius 2 is 0.960 bits per heavy atom. The lowest BCUT2D eigenvalue weighted by Crippen LogP contribution is -2.35. The summed E-state index contributed by atoms with van der Waals surface area (Å²) in [5, 5.41) is 15.3. The Hall–Kier alpha value is -2.93. The second-order valence-electron chi connectivity index (χ2n) is 5.03. The normalized spacial score (nSPS) is 12.8. The van der Waals surface area contributed by atoms with Crippen molar-refractivity contribution in [2.24, 2.45) is 0 Å². The van der Waals surface area contributed by atoms with Gasteiger partial charge in [0.05, 0.1) is 0 Å². The van der Waals surface area contributed by atoms with E-state index < -0.39 is 34.0 Å². The lowest BCUT2D eigenvalue weighted by Gasteiger charge is -2.16. The Morgan fingerprint density at radius 3 is 1.24 bits per heavy atom. The number of carboxylic acids is 2. The van der Waals surface area contributed by atoms with Gasteiger partial charge in [0.15, 0.2) is 22.1 Å². The molecule has 0 saturated heterocycles. The van der Waals surface area contributed by atoms with Gasteiger partial charge < -0.3 is 10.2 Å². The molecular weight excluding hydrogens is 344 g/mol. The molecule has 25 heavy (non-hydrogen) atoms. The summed E-state index contributed by atoms with van der Waals surface area (Å²) in [6.45, 7) is 0. The number of benzene rings is 2. The SMILES string of the molecule is O=C(O)C(SC(C(=O)O)C(=O)c1ccccc1)C(=O)c1ccccc1. The highest BCUT2D eigenvalue weighted by molar-refractivity contribution is 8.03. The number of ketones is 2. The van der Waals surface area contributed by atoms with Gasteiger partial charge in [0, 0.05) is 11.1 Å². The first kappa shape index (κ1) is 18.4. The minimum absolute atomic E-state index is 0.138. The van der Waals surface area contributed by atoms with Crippen LogP contribution in [0.4, 0.5) is 0 Å². The smallest absolute Gasteiger partial charge is 0.324 e. The van der Waals surface area contributed by atoms with Crippen LogP contribution >= 0.6 is 11.8 Å². The molecule has 0 aliphatic carbocycles. The first-order valence-electron chi connectivity index (χ1n) is 7.21. The molecule has 0 spiro atoms. The number of carbonyl (C=O) groups is 4. The summed E-state index contributed by atoms with van der Waals surface area (Å²) in [4.78, 5) is 47.8. The Balaban J connectivity index is 2.29. The van der Waals surface area contributed by atoms with Crippen LogP contribution in [-0.4, -0.2) is 44.2 Å². The van der Waals surface area contributed by atoms with Crippen LogP contribution in [0.25, 0.3) is 0 Å². The molecule has 0 fully saturated rings. The summed E-state index contributed by atoms with van der Waals surface area (Å²) in [6.07, 6.45) is 0. The van der Waals surface area contributed by atoms with Crippen molar-refractivity contribution >= 4 is 35.3 Å². The molecule has 2 aromatic carbocycles. The van der Waals surface area contributed by atoms with E-state index in [0.29, 0.717) is 11.8 Å². The topological polar surface area (TPSA) is 109 Å². The van der Waals surface area contributed by atoms with Crippen LogP contribution in [0.1, 0.15) is 20.7 Å². The molecule has 0 amide bonds. The molecular formula is C18H14O6S. The largest absolute Gasteiger partial charge is 0.480 e. The van der Waals surface area contributed by atoms with Gasteiger partial charge in [-0.25, -0.2) is 0 Å². The van der Waals surface area contributed by atoms with Crippen molar-refractivity contribution in [1.29, 1.82) is 0 Å². The van der Waals surface area contributed by atoms with Gasteiger partial charge in [0.2, 0.25) is 0 Å². The molecule has 7 heteroatoms. The van der Waals surface area contributed by atoms with E-state index in [1.165, 1.54) is 24.3 Å². The van der Waals surface area contributed by atoms with Crippen LogP contribution in [0, 0.1) is 0 Å². The summed E-state index contributed by atoms with van der Waals surface area (Å²) in [7, 11) is 0. The maximum Gasteiger partial charge on any atom is 0.324 e. The number of hydrogen-bond acceptors (Lipinski definition) is 5. The molecule has 0 bridgehead atoms. The number of rotatable bonds is 8. The van der Waals surface area contributed by atoms with Crippen molar-refractivity contribution in [3.8, 4) is 0 Å². The van der Waals surface area contributed by atoms with E-state index in [1.807, 2.05) is 0 Å². The molecule has 2 aromatic rings. The summed E-state index contributed by atoms with van der Waals surface area (Å²) < 4.78 is 0. The van der Waals surface area contributed by atoms with E-state index >= 15 is 0 Å². The minimum atomic E-state index is -1.70. The molecule has 0 aliphatic heterocycles. The average Bonchev–Trinajstić information content (AvgIpc) is 2.62. The first-order valence-corrected chi connectivity index (χ1v) is 8.15. The fraction of sp³-hybridized carbons (Fsp3) is 0.111. The fourth-order valence-electron chi connectivity index (χ4n) is 2.11. The van der Waals surface area contributed by atoms with E-state index in [1.54, 1.807) is 36.4 Å². The summed E-state index contributed by atoms with van der Waals surface area (Å²) in [5.74, 6) is -4.51. The molecule has 128 valence electrons. The molecule has 2 N–H and O–H groups in total. The zero-order chi connectivity index (χ0) is 18.4. The number of Topliss-reactive ketones (excluding diaryl/α,β-unsaturated/α-hetero) is 2. The highest BCUT2D eigenvalue weighted by Gasteiger charge is 2.37. The Morgan fingerprint density at radius 1 is 0.640 bits per heavy atom. The summed E-state index contributed by atoms with van der Waals surface area (Å²) in [5.41, 5.74) is 0.275. The van der Waals surface area contributed by atoms with Gasteiger partial charge in [-0.15, -0.1) is 11.8 Å². The molecule has 6 nitrogen and oxygen atoms in total. The van der Waals surface area contributed by atoms with Crippen LogP contribution in [0.5, 0.6) is 0 Å². The van der Waals surface area contributed by atoms with E-state index in [2.05, 4.69) is 0 Å². The van der Waals surface area contributed by atoms with Gasteiger partial charge in [-0.05, 0) is 0 Å². The minimum Gasteiger partial charge on any atom is -0.480 e. The Kier molecular flexibility index (Phi) is 6.08. The number of carboxylic acid groups (broad SMARTS) is 2. The van der Waals surface area contributed by atoms with E-state index in [-0.39, 0.29) is 11.1 Å². The van der Waals surface area contributed by atoms with E-state index in [4.69, 9.17) is 0 Å². The lowest BCUT2D eigenvalue weighted by atomic mass is 10.1. The molecule has 0 radical (unpaired) electrons. The van der Waals surface area contributed by atoms with Crippen molar-refractivity contribution < 1.29 is 29.4 Å². The molecule has 0 heterocycles. The van der Waals surface area contributed by atoms with Crippen molar-refractivity contribution in [3.05, 3.63) is 71.8 Å². The van der Waals surface area contributed by atoms with Gasteiger partial charge in [-0.1, -0.05) is 60.7 Å². The van der Waals surface area contributed by atoms with Crippen LogP contribution in [0.15, 0.2) is 60.7 Å². The second kappa shape index (κ2) is 8.25. The Bertz CT molecular complexity index is 720. The monoisotopic (exact) mass is 358 g/mol. The number of thioether (sulfide) groups is 1. The molecule has 0 aliphatic rings. The third-order valence-corrected chi connectivity index (χ3v) is 4.69. The predicted octanol–water partition coefficient (Wildman–Crippen LogP) is 2.39. The van der Waals surface area contributed by atoms with Crippen molar-refractivity contribution in [2.75, 3.05) is 0 Å². The molecule has 0 aromatic heterocycles. The van der Waals surface area contributed by atoms with E-state index in [9.17, 15) is 29.4 Å². The van der Waals surface area contributed by atoms with Crippen molar-refractivity contribution in [2.45, 2.75) is 10.5 Å². The first-order chi connectivity index (χ1) is 11.9. The quantitative estimate of drug-likeness (QED) is 0.551. The fourth-order valence-corrected chi connectivity index (χ4v) is 3.13. The highest BCUT2D eigenvalue weighted by Crippen LogP contribution is 2.25. The van der Waals surface area contributed by atoms with Crippen molar-refractivity contribution in [1.82, 2.24) is 0 Å². The Labute approximate surface area is 147 Å². The van der Waals surface area contributed by atoms with Gasteiger partial charge in [0.1, 0.15) is 0 Å². The maximum absolute atomic E-state index is 12.4. The second-order valence-corrected chi connectivity index (χ2v) is 6.25. The van der Waals surface area contributed by atoms with Crippen LogP contribution in [0.2, 0.25) is 0 Å². The summed E-state index contributed by atoms with van der Waals surface area (Å²) in [6, 6.07) is 15.4. The van der Waals surface area contributed by atoms with Gasteiger partial charge in [0.25, 0.3) is 0 Å². The third kappa shape index (κ3) is 4.54. The van der Waals surface area contributed by atoms with Gasteiger partial charge in [-0.2, -0.15) is 0 Å². The van der Waals surface area contributed by atoms with Crippen LogP contribution < -0.4 is 0 Å². The molecule has 2 unspecified atom stereocenters. The van der Waals surface area contributed by atoms with Gasteiger partial charge >= 0.3 is 11.9 Å². The molecule has 2 atom stereocenters. The number of aliphatic carboxylic acids is 2. The van der Waals surface area contributed by atoms with Crippen LogP contribution in [0.3, 0.4) is 0 Å². The molecule has 2 rings (SSSR count). The predicted molar refractivity (Wildman–Crippen MR) is 92.0 cm³/mol. The summed E-state index contributed by atoms with van der Waals surface area (Å²) >= 11 is 0.314. The zero-order valence-electron chi connectivity index (χ0n) is 12.9. The van der Waals surface area contributed by atoms with Gasteiger partial charge in [-0.3, -0.25) is 19.2 Å². The average molecular weight is 358 g/mol. The van der Waals surface area contributed by atoms with Crippen molar-refractivity contribution in [3.63, 3.8) is 0 Å². The lowest BCUT2D eigenvalue weighted by molar-refractivity contribution is -0.135. The molecule has 0 saturated carbocycles. The standard InChI is InChI=1S/C18H14O6S/c19-13(11-7-3-1-4-8-11)15(17(21)22)25-16(18(23)24)14(20)12-9-5-2-6-10-12/h1-10,15-16H,(H,21,22)(H,23,24). The number of carbonyl (C=O) groups excluding carboxylic acids is 2. The zero-order valence-corrected chi connectivity index (χ0v) is 13.7. The maximum atomic E-state index is 12.4. The van der Waals surface area contributed by atoms with Crippen LogP contribution in [-0.2, 0) is 9.59 Å².